The summed E-state index contributed by atoms with van der Waals surface area (Å²) in [4.78, 5) is 0. The summed E-state index contributed by atoms with van der Waals surface area (Å²) in [5.74, 6) is 1.98. The number of hydrogen-bond donors (Lipinski definition) is 0. The molecule has 0 unspecified atom stereocenters. The standard InChI is InChI=1S/C7H14.C5H12.2C2H6.C2H4/c1-2-7-5-3-4-6-7;1-4-5(2)3;3*1-2/h7H,2-6H2,1H3;5H,4H2,1-3H3;2*1-2H3;1-2H2. The normalized spacial score (nSPS) is 12.7. The summed E-state index contributed by atoms with van der Waals surface area (Å²) in [6.07, 6.45) is 8.74. The van der Waals surface area contributed by atoms with Gasteiger partial charge in [0.2, 0.25) is 0 Å². The predicted octanol–water partition coefficient (Wildman–Crippen LogP) is 7.49. The average molecular weight is 259 g/mol. The van der Waals surface area contributed by atoms with E-state index >= 15 is 0 Å². The van der Waals surface area contributed by atoms with E-state index in [9.17, 15) is 0 Å². The van der Waals surface area contributed by atoms with E-state index in [1.807, 2.05) is 27.7 Å². The lowest BCUT2D eigenvalue weighted by atomic mass is 10.1. The van der Waals surface area contributed by atoms with Crippen molar-refractivity contribution in [1.29, 1.82) is 0 Å². The Balaban J connectivity index is -0.0000000792. The molecule has 0 atom stereocenters. The highest BCUT2D eigenvalue weighted by Gasteiger charge is 2.11. The Kier molecular flexibility index (Phi) is 44.0. The maximum absolute atomic E-state index is 3.00. The van der Waals surface area contributed by atoms with Gasteiger partial charge in [-0.2, -0.15) is 0 Å². The lowest BCUT2D eigenvalue weighted by molar-refractivity contribution is 0.531. The molecule has 1 saturated carbocycles. The molecule has 18 heavy (non-hydrogen) atoms. The van der Waals surface area contributed by atoms with Crippen LogP contribution in [0.5, 0.6) is 0 Å². The van der Waals surface area contributed by atoms with Crippen LogP contribution in [0.2, 0.25) is 0 Å². The molecule has 0 aliphatic heterocycles. The molecule has 0 heteroatoms. The lowest BCUT2D eigenvalue weighted by Gasteiger charge is -1.99. The van der Waals surface area contributed by atoms with E-state index in [0.29, 0.717) is 0 Å². The Hall–Kier alpha value is -0.260. The summed E-state index contributed by atoms with van der Waals surface area (Å²) in [7, 11) is 0. The van der Waals surface area contributed by atoms with Crippen LogP contribution in [-0.4, -0.2) is 0 Å². The fraction of sp³-hybridized carbons (Fsp3) is 0.889. The van der Waals surface area contributed by atoms with Crippen LogP contribution in [0.15, 0.2) is 13.2 Å². The van der Waals surface area contributed by atoms with Gasteiger partial charge in [-0.1, -0.05) is 93.9 Å². The summed E-state index contributed by atoms with van der Waals surface area (Å²) >= 11 is 0. The Morgan fingerprint density at radius 1 is 0.889 bits per heavy atom. The van der Waals surface area contributed by atoms with Crippen LogP contribution in [-0.2, 0) is 0 Å². The first-order chi connectivity index (χ1) is 8.70. The van der Waals surface area contributed by atoms with Gasteiger partial charge in [0.25, 0.3) is 0 Å². The second-order valence-corrected chi connectivity index (χ2v) is 4.36. The second kappa shape index (κ2) is 30.1. The van der Waals surface area contributed by atoms with Crippen LogP contribution in [0.3, 0.4) is 0 Å². The quantitative estimate of drug-likeness (QED) is 0.450. The molecule has 0 N–H and O–H groups in total. The molecule has 0 bridgehead atoms. The van der Waals surface area contributed by atoms with Crippen LogP contribution < -0.4 is 0 Å². The first-order valence-corrected chi connectivity index (χ1v) is 8.20. The molecule has 0 aromatic heterocycles. The van der Waals surface area contributed by atoms with Gasteiger partial charge >= 0.3 is 0 Å². The third kappa shape index (κ3) is 29.6. The van der Waals surface area contributed by atoms with Crippen LogP contribution >= 0.6 is 0 Å². The van der Waals surface area contributed by atoms with Gasteiger partial charge in [0.05, 0.1) is 0 Å². The zero-order valence-corrected chi connectivity index (χ0v) is 14.8. The van der Waals surface area contributed by atoms with Crippen molar-refractivity contribution in [2.75, 3.05) is 0 Å². The summed E-state index contributed by atoms with van der Waals surface area (Å²) < 4.78 is 0. The molecule has 114 valence electrons. The second-order valence-electron chi connectivity index (χ2n) is 4.36. The molecule has 0 aromatic rings. The maximum atomic E-state index is 3.00. The van der Waals surface area contributed by atoms with E-state index < -0.39 is 0 Å². The summed E-state index contributed by atoms with van der Waals surface area (Å²) in [5.41, 5.74) is 0. The third-order valence-corrected chi connectivity index (χ3v) is 2.87. The average Bonchev–Trinajstić information content (AvgIpc) is 2.99. The van der Waals surface area contributed by atoms with E-state index in [1.54, 1.807) is 0 Å². The first kappa shape index (κ1) is 26.3. The SMILES string of the molecule is C=C.CC.CC.CCC(C)C.CCC1CCCC1. The monoisotopic (exact) mass is 258 g/mol. The minimum absolute atomic E-state index is 0.884. The Morgan fingerprint density at radius 2 is 1.17 bits per heavy atom. The molecular weight excluding hydrogens is 216 g/mol. The van der Waals surface area contributed by atoms with Crippen molar-refractivity contribution in [1.82, 2.24) is 0 Å². The van der Waals surface area contributed by atoms with Gasteiger partial charge in [-0.25, -0.2) is 0 Å². The van der Waals surface area contributed by atoms with Crippen molar-refractivity contribution >= 4 is 0 Å². The molecule has 1 rings (SSSR count). The topological polar surface area (TPSA) is 0 Å². The van der Waals surface area contributed by atoms with Gasteiger partial charge in [0, 0.05) is 0 Å². The zero-order chi connectivity index (χ0) is 15.4. The van der Waals surface area contributed by atoms with Crippen molar-refractivity contribution in [2.45, 2.75) is 93.9 Å². The van der Waals surface area contributed by atoms with Gasteiger partial charge < -0.3 is 0 Å². The highest BCUT2D eigenvalue weighted by atomic mass is 14.2. The molecule has 0 aromatic carbocycles. The van der Waals surface area contributed by atoms with Crippen LogP contribution in [0.4, 0.5) is 0 Å². The highest BCUT2D eigenvalue weighted by Crippen LogP contribution is 2.26. The van der Waals surface area contributed by atoms with Crippen molar-refractivity contribution in [2.24, 2.45) is 11.8 Å². The highest BCUT2D eigenvalue weighted by molar-refractivity contribution is 4.64. The molecule has 1 aliphatic carbocycles. The molecule has 1 aliphatic rings. The summed E-state index contributed by atoms with van der Waals surface area (Å²) in [6.45, 7) is 22.9. The molecule has 0 amide bonds. The van der Waals surface area contributed by atoms with Crippen LogP contribution in [0, 0.1) is 11.8 Å². The Morgan fingerprint density at radius 3 is 1.28 bits per heavy atom. The number of rotatable bonds is 2. The van der Waals surface area contributed by atoms with Crippen molar-refractivity contribution in [3.63, 3.8) is 0 Å². The largest absolute Gasteiger partial charge is 0.106 e. The van der Waals surface area contributed by atoms with Gasteiger partial charge in [0.15, 0.2) is 0 Å². The van der Waals surface area contributed by atoms with Gasteiger partial charge in [-0.3, -0.25) is 0 Å². The molecule has 0 heterocycles. The lowest BCUT2D eigenvalue weighted by Crippen LogP contribution is -1.86. The minimum Gasteiger partial charge on any atom is -0.106 e. The van der Waals surface area contributed by atoms with Crippen molar-refractivity contribution in [3.05, 3.63) is 13.2 Å². The van der Waals surface area contributed by atoms with Crippen molar-refractivity contribution < 1.29 is 0 Å². The number of hydrogen-bond acceptors (Lipinski definition) is 0. The minimum atomic E-state index is 0.884. The summed E-state index contributed by atoms with van der Waals surface area (Å²) in [6, 6.07) is 0. The molecule has 0 radical (unpaired) electrons. The summed E-state index contributed by atoms with van der Waals surface area (Å²) in [5, 5.41) is 0. The van der Waals surface area contributed by atoms with Crippen molar-refractivity contribution in [3.8, 4) is 0 Å². The Labute approximate surface area is 119 Å². The van der Waals surface area contributed by atoms with E-state index in [-0.39, 0.29) is 0 Å². The fourth-order valence-electron chi connectivity index (χ4n) is 1.42. The van der Waals surface area contributed by atoms with Crippen LogP contribution in [0.25, 0.3) is 0 Å². The van der Waals surface area contributed by atoms with Gasteiger partial charge in [-0.15, -0.1) is 13.2 Å². The Bertz CT molecular complexity index is 88.2. The van der Waals surface area contributed by atoms with Gasteiger partial charge in [-0.05, 0) is 11.8 Å². The molecular formula is C18H42. The predicted molar refractivity (Wildman–Crippen MR) is 91.3 cm³/mol. The molecule has 0 spiro atoms. The van der Waals surface area contributed by atoms with E-state index in [1.165, 1.54) is 38.5 Å². The van der Waals surface area contributed by atoms with E-state index in [2.05, 4.69) is 40.9 Å². The maximum Gasteiger partial charge on any atom is -0.0417 e. The van der Waals surface area contributed by atoms with E-state index in [0.717, 1.165) is 11.8 Å². The van der Waals surface area contributed by atoms with Crippen LogP contribution in [0.1, 0.15) is 93.9 Å². The van der Waals surface area contributed by atoms with E-state index in [4.69, 9.17) is 0 Å². The molecule has 0 nitrogen and oxygen atoms in total. The molecule has 1 fully saturated rings. The van der Waals surface area contributed by atoms with Gasteiger partial charge in [0.1, 0.15) is 0 Å². The fourth-order valence-corrected chi connectivity index (χ4v) is 1.42. The molecule has 0 saturated heterocycles. The third-order valence-electron chi connectivity index (χ3n) is 2.87. The zero-order valence-electron chi connectivity index (χ0n) is 14.8. The smallest absolute Gasteiger partial charge is 0.0417 e. The first-order valence-electron chi connectivity index (χ1n) is 8.20.